The van der Waals surface area contributed by atoms with Gasteiger partial charge in [-0.1, -0.05) is 32.4 Å². The summed E-state index contributed by atoms with van der Waals surface area (Å²) < 4.78 is 0. The number of unbranched alkanes of at least 4 members (excludes halogenated alkanes) is 1. The predicted molar refractivity (Wildman–Crippen MR) is 110 cm³/mol. The van der Waals surface area contributed by atoms with Crippen molar-refractivity contribution < 1.29 is 0 Å². The van der Waals surface area contributed by atoms with Gasteiger partial charge in [0.2, 0.25) is 0 Å². The summed E-state index contributed by atoms with van der Waals surface area (Å²) >= 11 is 0. The van der Waals surface area contributed by atoms with E-state index in [1.54, 1.807) is 6.33 Å². The molecule has 2 heterocycles. The zero-order valence-corrected chi connectivity index (χ0v) is 16.0. The van der Waals surface area contributed by atoms with Crippen molar-refractivity contribution in [1.82, 2.24) is 9.97 Å². The maximum absolute atomic E-state index is 6.45. The predicted octanol–water partition coefficient (Wildman–Crippen LogP) is 4.91. The van der Waals surface area contributed by atoms with Crippen molar-refractivity contribution in [3.63, 3.8) is 0 Å². The van der Waals surface area contributed by atoms with E-state index in [-0.39, 0.29) is 0 Å². The Morgan fingerprint density at radius 3 is 2.69 bits per heavy atom. The summed E-state index contributed by atoms with van der Waals surface area (Å²) in [5, 5.41) is 3.37. The normalized spacial score (nSPS) is 17.3. The minimum absolute atomic E-state index is 0.520. The zero-order chi connectivity index (χ0) is 18.4. The lowest BCUT2D eigenvalue weighted by Crippen LogP contribution is -2.40. The van der Waals surface area contributed by atoms with Crippen molar-refractivity contribution in [1.29, 1.82) is 0 Å². The van der Waals surface area contributed by atoms with E-state index < -0.39 is 0 Å². The lowest BCUT2D eigenvalue weighted by molar-refractivity contribution is 0.447. The Kier molecular flexibility index (Phi) is 6.31. The van der Waals surface area contributed by atoms with E-state index in [0.29, 0.717) is 17.5 Å². The van der Waals surface area contributed by atoms with E-state index in [4.69, 9.17) is 5.73 Å². The van der Waals surface area contributed by atoms with Gasteiger partial charge in [0, 0.05) is 18.3 Å². The Morgan fingerprint density at radius 1 is 1.15 bits per heavy atom. The molecule has 1 aromatic carbocycles. The Hall–Kier alpha value is -2.30. The molecular weight excluding hydrogens is 322 g/mol. The average molecular weight is 354 g/mol. The molecule has 1 atom stereocenters. The van der Waals surface area contributed by atoms with Crippen LogP contribution >= 0.6 is 0 Å². The van der Waals surface area contributed by atoms with E-state index in [2.05, 4.69) is 58.3 Å². The molecule has 3 rings (SSSR count). The minimum Gasteiger partial charge on any atom is -0.393 e. The summed E-state index contributed by atoms with van der Waals surface area (Å²) in [7, 11) is 0. The van der Waals surface area contributed by atoms with E-state index in [0.717, 1.165) is 30.9 Å². The Balaban J connectivity index is 1.76. The van der Waals surface area contributed by atoms with Gasteiger partial charge in [-0.25, -0.2) is 9.97 Å². The number of benzene rings is 1. The number of anilines is 4. The fourth-order valence-corrected chi connectivity index (χ4v) is 3.69. The number of rotatable bonds is 7. The maximum Gasteiger partial charge on any atom is 0.159 e. The molecule has 5 heteroatoms. The van der Waals surface area contributed by atoms with Gasteiger partial charge >= 0.3 is 0 Å². The van der Waals surface area contributed by atoms with Crippen LogP contribution in [0.4, 0.5) is 23.0 Å². The van der Waals surface area contributed by atoms with Crippen LogP contribution in [-0.4, -0.2) is 22.6 Å². The van der Waals surface area contributed by atoms with Crippen molar-refractivity contribution in [2.24, 2.45) is 0 Å². The molecule has 3 N–H and O–H groups in total. The summed E-state index contributed by atoms with van der Waals surface area (Å²) in [5.41, 5.74) is 9.46. The smallest absolute Gasteiger partial charge is 0.159 e. The fourth-order valence-electron chi connectivity index (χ4n) is 3.69. The Bertz CT molecular complexity index is 698. The van der Waals surface area contributed by atoms with Crippen LogP contribution in [0, 0.1) is 0 Å². The van der Waals surface area contributed by atoms with Gasteiger partial charge in [-0.15, -0.1) is 0 Å². The second kappa shape index (κ2) is 8.88. The van der Waals surface area contributed by atoms with E-state index in [1.165, 1.54) is 37.7 Å². The molecule has 1 aliphatic rings. The molecule has 140 valence electrons. The van der Waals surface area contributed by atoms with Gasteiger partial charge in [0.15, 0.2) is 11.6 Å². The summed E-state index contributed by atoms with van der Waals surface area (Å²) in [4.78, 5) is 11.2. The van der Waals surface area contributed by atoms with Crippen LogP contribution in [-0.2, 0) is 6.42 Å². The highest BCUT2D eigenvalue weighted by molar-refractivity contribution is 5.78. The Morgan fingerprint density at radius 2 is 1.96 bits per heavy atom. The van der Waals surface area contributed by atoms with Gasteiger partial charge in [0.25, 0.3) is 0 Å². The van der Waals surface area contributed by atoms with Gasteiger partial charge in [-0.2, -0.15) is 0 Å². The summed E-state index contributed by atoms with van der Waals surface area (Å²) in [6.45, 7) is 5.47. The molecule has 1 unspecified atom stereocenters. The Labute approximate surface area is 157 Å². The van der Waals surface area contributed by atoms with E-state index >= 15 is 0 Å². The second-order valence-corrected chi connectivity index (χ2v) is 7.14. The molecule has 2 aromatic rings. The minimum atomic E-state index is 0.520. The standard InChI is InChI=1S/C21H31N5/c1-3-5-8-16-10-12-17(13-11-16)25-20-19(22)21(24-15-23-20)26-14-7-6-9-18(26)4-2/h10-13,15,18H,3-9,14,22H2,1-2H3,(H,23,24,25). The first-order chi connectivity index (χ1) is 12.7. The number of nitrogens with one attached hydrogen (secondary N) is 1. The molecule has 0 spiro atoms. The number of nitrogens with zero attached hydrogens (tertiary/aromatic N) is 3. The van der Waals surface area contributed by atoms with E-state index in [1.807, 2.05) is 0 Å². The van der Waals surface area contributed by atoms with Crippen LogP contribution in [0.15, 0.2) is 30.6 Å². The first-order valence-electron chi connectivity index (χ1n) is 9.96. The first-order valence-corrected chi connectivity index (χ1v) is 9.96. The van der Waals surface area contributed by atoms with Gasteiger partial charge < -0.3 is 16.0 Å². The average Bonchev–Trinajstić information content (AvgIpc) is 2.69. The monoisotopic (exact) mass is 353 g/mol. The van der Waals surface area contributed by atoms with Crippen LogP contribution in [0.25, 0.3) is 0 Å². The number of hydrogen-bond donors (Lipinski definition) is 2. The molecular formula is C21H31N5. The number of piperidine rings is 1. The second-order valence-electron chi connectivity index (χ2n) is 7.14. The maximum atomic E-state index is 6.45. The molecule has 1 saturated heterocycles. The molecule has 0 saturated carbocycles. The molecule has 1 fully saturated rings. The largest absolute Gasteiger partial charge is 0.393 e. The zero-order valence-electron chi connectivity index (χ0n) is 16.0. The van der Waals surface area contributed by atoms with Gasteiger partial charge in [-0.3, -0.25) is 0 Å². The number of aryl methyl sites for hydroxylation is 1. The fraction of sp³-hybridized carbons (Fsp3) is 0.524. The lowest BCUT2D eigenvalue weighted by atomic mass is 10.00. The number of hydrogen-bond acceptors (Lipinski definition) is 5. The third kappa shape index (κ3) is 4.26. The molecule has 1 aliphatic heterocycles. The van der Waals surface area contributed by atoms with Crippen LogP contribution < -0.4 is 16.0 Å². The molecule has 0 amide bonds. The molecule has 26 heavy (non-hydrogen) atoms. The number of nitrogens with two attached hydrogens (primary N) is 1. The molecule has 5 nitrogen and oxygen atoms in total. The number of nitrogen functional groups attached to an aromatic ring is 1. The van der Waals surface area contributed by atoms with Crippen LogP contribution in [0.1, 0.15) is 57.9 Å². The van der Waals surface area contributed by atoms with Gasteiger partial charge in [0.1, 0.15) is 12.0 Å². The van der Waals surface area contributed by atoms with Crippen LogP contribution in [0.3, 0.4) is 0 Å². The van der Waals surface area contributed by atoms with Crippen molar-refractivity contribution >= 4 is 23.0 Å². The first kappa shape index (κ1) is 18.5. The quantitative estimate of drug-likeness (QED) is 0.740. The van der Waals surface area contributed by atoms with Crippen LogP contribution in [0.5, 0.6) is 0 Å². The topological polar surface area (TPSA) is 67.1 Å². The van der Waals surface area contributed by atoms with Crippen molar-refractivity contribution in [3.8, 4) is 0 Å². The van der Waals surface area contributed by atoms with Gasteiger partial charge in [-0.05, 0) is 56.2 Å². The molecule has 1 aromatic heterocycles. The third-order valence-corrected chi connectivity index (χ3v) is 5.27. The summed E-state index contributed by atoms with van der Waals surface area (Å²) in [6.07, 6.45) is 10.00. The summed E-state index contributed by atoms with van der Waals surface area (Å²) in [6, 6.07) is 9.07. The van der Waals surface area contributed by atoms with Crippen molar-refractivity contribution in [3.05, 3.63) is 36.2 Å². The van der Waals surface area contributed by atoms with Crippen molar-refractivity contribution in [2.45, 2.75) is 64.8 Å². The van der Waals surface area contributed by atoms with Crippen LogP contribution in [0.2, 0.25) is 0 Å². The lowest BCUT2D eigenvalue weighted by Gasteiger charge is -2.36. The number of aromatic nitrogens is 2. The highest BCUT2D eigenvalue weighted by Crippen LogP contribution is 2.33. The molecule has 0 radical (unpaired) electrons. The summed E-state index contributed by atoms with van der Waals surface area (Å²) in [5.74, 6) is 1.56. The van der Waals surface area contributed by atoms with Gasteiger partial charge in [0.05, 0.1) is 0 Å². The molecule has 0 bridgehead atoms. The highest BCUT2D eigenvalue weighted by Gasteiger charge is 2.24. The van der Waals surface area contributed by atoms with Crippen molar-refractivity contribution in [2.75, 3.05) is 22.5 Å². The highest BCUT2D eigenvalue weighted by atomic mass is 15.2. The molecule has 0 aliphatic carbocycles. The van der Waals surface area contributed by atoms with E-state index in [9.17, 15) is 0 Å². The third-order valence-electron chi connectivity index (χ3n) is 5.27. The SMILES string of the molecule is CCCCc1ccc(Nc2ncnc(N3CCCCC3CC)c2N)cc1.